The number of hydrogen-bond donors (Lipinski definition) is 0. The highest BCUT2D eigenvalue weighted by molar-refractivity contribution is 6.02. The molecule has 3 rings (SSSR count). The number of pyridine rings is 2. The molecule has 0 bridgehead atoms. The minimum atomic E-state index is -0.801. The number of hydrogen-bond acceptors (Lipinski definition) is 3. The molecule has 0 aromatic carbocycles. The van der Waals surface area contributed by atoms with Crippen LogP contribution in [-0.4, -0.2) is 15.8 Å². The Hall–Kier alpha value is -2.81. The van der Waals surface area contributed by atoms with Crippen LogP contribution in [0.3, 0.4) is 0 Å². The molecule has 0 radical (unpaired) electrons. The van der Waals surface area contributed by atoms with Crippen molar-refractivity contribution in [3.63, 3.8) is 0 Å². The number of ketones is 1. The summed E-state index contributed by atoms with van der Waals surface area (Å²) in [5.74, 6) is -0.0519. The van der Waals surface area contributed by atoms with Crippen molar-refractivity contribution >= 4 is 11.4 Å². The summed E-state index contributed by atoms with van der Waals surface area (Å²) in [6, 6.07) is 11.4. The Balaban J connectivity index is 2.07. The van der Waals surface area contributed by atoms with Crippen molar-refractivity contribution in [3.05, 3.63) is 91.1 Å². The molecule has 1 atom stereocenters. The van der Waals surface area contributed by atoms with Gasteiger partial charge < -0.3 is 0 Å². The molecule has 2 aromatic rings. The molecule has 0 fully saturated rings. The second-order valence-corrected chi connectivity index (χ2v) is 5.20. The average molecular weight is 288 g/mol. The first-order chi connectivity index (χ1) is 10.8. The van der Waals surface area contributed by atoms with E-state index in [2.05, 4.69) is 16.5 Å². The Morgan fingerprint density at radius 1 is 1.14 bits per heavy atom. The van der Waals surface area contributed by atoms with Crippen LogP contribution in [0, 0.1) is 0 Å². The molecular weight excluding hydrogens is 272 g/mol. The summed E-state index contributed by atoms with van der Waals surface area (Å²) in [6.45, 7) is 3.66. The third-order valence-corrected chi connectivity index (χ3v) is 3.89. The first-order valence-corrected chi connectivity index (χ1v) is 7.14. The first kappa shape index (κ1) is 14.1. The van der Waals surface area contributed by atoms with Crippen LogP contribution in [-0.2, 0) is 10.2 Å². The largest absolute Gasteiger partial charge is 0.293 e. The van der Waals surface area contributed by atoms with Crippen LogP contribution in [0.1, 0.15) is 17.8 Å². The lowest BCUT2D eigenvalue weighted by molar-refractivity contribution is -0.118. The van der Waals surface area contributed by atoms with Crippen LogP contribution in [0.5, 0.6) is 0 Å². The van der Waals surface area contributed by atoms with Gasteiger partial charge in [-0.25, -0.2) is 0 Å². The molecule has 0 saturated heterocycles. The fraction of sp³-hybridized carbons (Fsp3) is 0.105. The third-order valence-electron chi connectivity index (χ3n) is 3.89. The number of rotatable bonds is 4. The molecule has 0 amide bonds. The Morgan fingerprint density at radius 2 is 1.91 bits per heavy atom. The van der Waals surface area contributed by atoms with Gasteiger partial charge in [0.1, 0.15) is 0 Å². The lowest BCUT2D eigenvalue weighted by Gasteiger charge is -2.30. The van der Waals surface area contributed by atoms with Gasteiger partial charge in [0, 0.05) is 12.4 Å². The van der Waals surface area contributed by atoms with Crippen LogP contribution in [0.25, 0.3) is 5.57 Å². The molecule has 2 aromatic heterocycles. The maximum Gasteiger partial charge on any atom is 0.171 e. The summed E-state index contributed by atoms with van der Waals surface area (Å²) >= 11 is 0. The first-order valence-electron chi connectivity index (χ1n) is 7.14. The highest BCUT2D eigenvalue weighted by atomic mass is 16.1. The lowest BCUT2D eigenvalue weighted by Crippen LogP contribution is -2.35. The van der Waals surface area contributed by atoms with Gasteiger partial charge in [0.15, 0.2) is 5.78 Å². The molecule has 0 aliphatic heterocycles. The molecule has 3 nitrogen and oxygen atoms in total. The van der Waals surface area contributed by atoms with E-state index in [0.717, 1.165) is 17.0 Å². The van der Waals surface area contributed by atoms with E-state index >= 15 is 0 Å². The highest BCUT2D eigenvalue weighted by Gasteiger charge is 2.39. The maximum absolute atomic E-state index is 12.6. The van der Waals surface area contributed by atoms with Gasteiger partial charge in [0.25, 0.3) is 0 Å². The van der Waals surface area contributed by atoms with Crippen molar-refractivity contribution in [2.45, 2.75) is 11.8 Å². The molecule has 0 saturated carbocycles. The third kappa shape index (κ3) is 2.42. The van der Waals surface area contributed by atoms with Crippen molar-refractivity contribution in [1.29, 1.82) is 0 Å². The van der Waals surface area contributed by atoms with E-state index in [-0.39, 0.29) is 5.78 Å². The van der Waals surface area contributed by atoms with E-state index in [1.165, 1.54) is 6.08 Å². The van der Waals surface area contributed by atoms with Crippen molar-refractivity contribution in [2.24, 2.45) is 0 Å². The molecule has 1 aliphatic carbocycles. The van der Waals surface area contributed by atoms with Crippen LogP contribution in [0.4, 0.5) is 0 Å². The molecule has 3 heteroatoms. The Labute approximate surface area is 129 Å². The fourth-order valence-corrected chi connectivity index (χ4v) is 2.76. The monoisotopic (exact) mass is 288 g/mol. The summed E-state index contributed by atoms with van der Waals surface area (Å²) < 4.78 is 0. The summed E-state index contributed by atoms with van der Waals surface area (Å²) in [5, 5.41) is 0. The van der Waals surface area contributed by atoms with Crippen molar-refractivity contribution in [1.82, 2.24) is 9.97 Å². The second kappa shape index (κ2) is 5.90. The summed E-state index contributed by atoms with van der Waals surface area (Å²) in [6.07, 6.45) is 11.2. The van der Waals surface area contributed by atoms with Gasteiger partial charge in [-0.1, -0.05) is 36.9 Å². The average Bonchev–Trinajstić information content (AvgIpc) is 2.62. The number of aromatic nitrogens is 2. The number of carbonyl (C=O) groups excluding carboxylic acids is 1. The Morgan fingerprint density at radius 3 is 2.55 bits per heavy atom. The standard InChI is InChI=1S/C19H16N2O/c1-2-18(22)19(17-10-4-6-13-21-17)11-7-8-15(14-19)16-9-3-5-12-20-16/h2-13H,1,14H2. The molecule has 108 valence electrons. The number of nitrogens with zero attached hydrogens (tertiary/aromatic N) is 2. The second-order valence-electron chi connectivity index (χ2n) is 5.20. The zero-order valence-corrected chi connectivity index (χ0v) is 12.1. The molecule has 1 aliphatic rings. The molecular formula is C19H16N2O. The Kier molecular flexibility index (Phi) is 3.79. The predicted octanol–water partition coefficient (Wildman–Crippen LogP) is 3.51. The van der Waals surface area contributed by atoms with Gasteiger partial charge in [-0.3, -0.25) is 14.8 Å². The van der Waals surface area contributed by atoms with E-state index in [0.29, 0.717) is 6.42 Å². The Bertz CT molecular complexity index is 748. The number of allylic oxidation sites excluding steroid dienone is 5. The van der Waals surface area contributed by atoms with Gasteiger partial charge in [-0.2, -0.15) is 0 Å². The minimum Gasteiger partial charge on any atom is -0.293 e. The SMILES string of the molecule is C=CC(=O)C1(c2ccccn2)C=CC=C(c2ccccn2)C1. The summed E-state index contributed by atoms with van der Waals surface area (Å²) in [7, 11) is 0. The fourth-order valence-electron chi connectivity index (χ4n) is 2.76. The van der Waals surface area contributed by atoms with Gasteiger partial charge >= 0.3 is 0 Å². The number of carbonyl (C=O) groups is 1. The predicted molar refractivity (Wildman–Crippen MR) is 87.1 cm³/mol. The summed E-state index contributed by atoms with van der Waals surface area (Å²) in [5.41, 5.74) is 1.83. The van der Waals surface area contributed by atoms with Crippen molar-refractivity contribution < 1.29 is 4.79 Å². The molecule has 22 heavy (non-hydrogen) atoms. The van der Waals surface area contributed by atoms with Crippen LogP contribution in [0.15, 0.2) is 79.7 Å². The molecule has 0 N–H and O–H groups in total. The molecule has 0 spiro atoms. The van der Waals surface area contributed by atoms with Gasteiger partial charge in [-0.05, 0) is 42.3 Å². The van der Waals surface area contributed by atoms with E-state index in [1.54, 1.807) is 12.4 Å². The smallest absolute Gasteiger partial charge is 0.171 e. The van der Waals surface area contributed by atoms with Crippen LogP contribution in [0.2, 0.25) is 0 Å². The quantitative estimate of drug-likeness (QED) is 0.808. The normalized spacial score (nSPS) is 20.3. The van der Waals surface area contributed by atoms with Crippen molar-refractivity contribution in [3.8, 4) is 0 Å². The van der Waals surface area contributed by atoms with Gasteiger partial charge in [-0.15, -0.1) is 0 Å². The van der Waals surface area contributed by atoms with Crippen molar-refractivity contribution in [2.75, 3.05) is 0 Å². The van der Waals surface area contributed by atoms with Gasteiger partial charge in [0.2, 0.25) is 0 Å². The zero-order valence-electron chi connectivity index (χ0n) is 12.1. The topological polar surface area (TPSA) is 42.9 Å². The van der Waals surface area contributed by atoms with E-state index in [1.807, 2.05) is 54.6 Å². The lowest BCUT2D eigenvalue weighted by atomic mass is 9.71. The van der Waals surface area contributed by atoms with E-state index in [4.69, 9.17) is 0 Å². The molecule has 2 heterocycles. The van der Waals surface area contributed by atoms with Crippen LogP contribution >= 0.6 is 0 Å². The van der Waals surface area contributed by atoms with Gasteiger partial charge in [0.05, 0.1) is 16.8 Å². The van der Waals surface area contributed by atoms with Crippen LogP contribution < -0.4 is 0 Å². The van der Waals surface area contributed by atoms with E-state index in [9.17, 15) is 4.79 Å². The van der Waals surface area contributed by atoms with E-state index < -0.39 is 5.41 Å². The highest BCUT2D eigenvalue weighted by Crippen LogP contribution is 2.38. The zero-order chi connectivity index (χ0) is 15.4. The summed E-state index contributed by atoms with van der Waals surface area (Å²) in [4.78, 5) is 21.4. The molecule has 1 unspecified atom stereocenters. The minimum absolute atomic E-state index is 0.0519. The maximum atomic E-state index is 12.6.